The summed E-state index contributed by atoms with van der Waals surface area (Å²) in [7, 11) is 1.63. The number of aryl methyl sites for hydroxylation is 1. The summed E-state index contributed by atoms with van der Waals surface area (Å²) in [5, 5.41) is 1.60. The Balaban J connectivity index is 1.73. The van der Waals surface area contributed by atoms with Gasteiger partial charge in [-0.1, -0.05) is 29.3 Å². The molecule has 5 nitrogen and oxygen atoms in total. The monoisotopic (exact) mass is 439 g/mol. The number of ether oxygens (including phenoxy) is 2. The van der Waals surface area contributed by atoms with Crippen molar-refractivity contribution in [3.05, 3.63) is 56.1 Å². The summed E-state index contributed by atoms with van der Waals surface area (Å²) in [5.41, 5.74) is 2.31. The molecule has 8 heteroatoms. The Bertz CT molecular complexity index is 1050. The van der Waals surface area contributed by atoms with Crippen molar-refractivity contribution in [3.8, 4) is 0 Å². The third kappa shape index (κ3) is 4.10. The molecule has 3 aromatic rings. The summed E-state index contributed by atoms with van der Waals surface area (Å²) >= 11 is 13.5. The summed E-state index contributed by atoms with van der Waals surface area (Å²) < 4.78 is 13.1. The highest BCUT2D eigenvalue weighted by molar-refractivity contribution is 7.21. The number of esters is 1. The fraction of sp³-hybridized carbons (Fsp3) is 0.300. The number of thiophene rings is 1. The Hall–Kier alpha value is -1.86. The Morgan fingerprint density at radius 2 is 1.93 bits per heavy atom. The van der Waals surface area contributed by atoms with Crippen molar-refractivity contribution in [1.29, 1.82) is 0 Å². The van der Waals surface area contributed by atoms with Gasteiger partial charge >= 0.3 is 5.97 Å². The Kier molecular flexibility index (Phi) is 6.45. The van der Waals surface area contributed by atoms with Crippen LogP contribution in [-0.4, -0.2) is 36.6 Å². The molecular formula is C20H19Cl2NO4S. The van der Waals surface area contributed by atoms with Crippen LogP contribution in [0, 0.1) is 13.8 Å². The van der Waals surface area contributed by atoms with E-state index in [4.69, 9.17) is 32.7 Å². The average molecular weight is 440 g/mol. The fourth-order valence-corrected chi connectivity index (χ4v) is 4.73. The summed E-state index contributed by atoms with van der Waals surface area (Å²) in [6.45, 7) is 4.64. The highest BCUT2D eigenvalue weighted by Crippen LogP contribution is 2.37. The first kappa shape index (κ1) is 20.9. The lowest BCUT2D eigenvalue weighted by atomic mass is 10.1. The number of rotatable bonds is 7. The second-order valence-electron chi connectivity index (χ2n) is 6.31. The van der Waals surface area contributed by atoms with E-state index in [0.29, 0.717) is 28.8 Å². The van der Waals surface area contributed by atoms with Crippen LogP contribution >= 0.6 is 34.5 Å². The molecule has 0 fully saturated rings. The van der Waals surface area contributed by atoms with E-state index in [1.807, 2.05) is 18.4 Å². The van der Waals surface area contributed by atoms with Gasteiger partial charge in [-0.3, -0.25) is 4.79 Å². The fourth-order valence-electron chi connectivity index (χ4n) is 3.05. The number of aromatic nitrogens is 1. The number of fused-ring (bicyclic) bond motifs is 1. The SMILES string of the molecule is COCCn1c(C)cc(C(=O)COC(=O)c2sc3cc(Cl)ccc3c2Cl)c1C. The van der Waals surface area contributed by atoms with E-state index in [1.165, 1.54) is 11.3 Å². The van der Waals surface area contributed by atoms with Crippen molar-refractivity contribution in [2.75, 3.05) is 20.3 Å². The minimum atomic E-state index is -0.621. The second kappa shape index (κ2) is 8.66. The molecule has 2 heterocycles. The van der Waals surface area contributed by atoms with E-state index in [0.717, 1.165) is 21.5 Å². The molecule has 0 atom stereocenters. The molecule has 1 aromatic carbocycles. The van der Waals surface area contributed by atoms with Crippen LogP contribution in [0.1, 0.15) is 31.4 Å². The average Bonchev–Trinajstić information content (AvgIpc) is 3.14. The van der Waals surface area contributed by atoms with E-state index in [1.54, 1.807) is 31.4 Å². The van der Waals surface area contributed by atoms with Gasteiger partial charge in [0.2, 0.25) is 5.78 Å². The number of Topliss-reactive ketones (excluding diaryl/α,β-unsaturated/α-hetero) is 1. The first-order valence-corrected chi connectivity index (χ1v) is 10.1. The molecule has 0 amide bonds. The molecular weight excluding hydrogens is 421 g/mol. The van der Waals surface area contributed by atoms with Gasteiger partial charge < -0.3 is 14.0 Å². The molecule has 0 N–H and O–H groups in total. The largest absolute Gasteiger partial charge is 0.453 e. The predicted octanol–water partition coefficient (Wildman–Crippen LogP) is 5.31. The maximum absolute atomic E-state index is 12.6. The van der Waals surface area contributed by atoms with Crippen LogP contribution in [-0.2, 0) is 16.0 Å². The van der Waals surface area contributed by atoms with Crippen molar-refractivity contribution >= 4 is 56.4 Å². The van der Waals surface area contributed by atoms with Gasteiger partial charge in [0.1, 0.15) is 4.88 Å². The van der Waals surface area contributed by atoms with Crippen LogP contribution in [0.2, 0.25) is 10.0 Å². The van der Waals surface area contributed by atoms with E-state index < -0.39 is 5.97 Å². The summed E-state index contributed by atoms with van der Waals surface area (Å²) in [6, 6.07) is 7.01. The van der Waals surface area contributed by atoms with E-state index in [9.17, 15) is 9.59 Å². The van der Waals surface area contributed by atoms with E-state index in [2.05, 4.69) is 0 Å². The molecule has 0 saturated heterocycles. The van der Waals surface area contributed by atoms with Gasteiger partial charge in [0, 0.05) is 45.7 Å². The molecule has 0 unspecified atom stereocenters. The molecule has 28 heavy (non-hydrogen) atoms. The molecule has 0 aliphatic rings. The molecule has 0 aliphatic carbocycles. The van der Waals surface area contributed by atoms with Crippen molar-refractivity contribution in [3.63, 3.8) is 0 Å². The summed E-state index contributed by atoms with van der Waals surface area (Å²) in [5.74, 6) is -0.880. The van der Waals surface area contributed by atoms with Gasteiger partial charge in [-0.05, 0) is 32.0 Å². The lowest BCUT2D eigenvalue weighted by molar-refractivity contribution is 0.0479. The second-order valence-corrected chi connectivity index (χ2v) is 8.18. The van der Waals surface area contributed by atoms with Crippen LogP contribution in [0.4, 0.5) is 0 Å². The van der Waals surface area contributed by atoms with Crippen molar-refractivity contribution < 1.29 is 19.1 Å². The van der Waals surface area contributed by atoms with E-state index >= 15 is 0 Å². The van der Waals surface area contributed by atoms with Gasteiger partial charge in [0.15, 0.2) is 6.61 Å². The molecule has 0 spiro atoms. The third-order valence-corrected chi connectivity index (χ3v) is 6.38. The number of benzene rings is 1. The van der Waals surface area contributed by atoms with Gasteiger partial charge in [-0.25, -0.2) is 4.79 Å². The zero-order valence-corrected chi connectivity index (χ0v) is 18.0. The number of carbonyl (C=O) groups is 2. The number of methoxy groups -OCH3 is 1. The van der Waals surface area contributed by atoms with Crippen LogP contribution in [0.5, 0.6) is 0 Å². The molecule has 2 aromatic heterocycles. The first-order valence-electron chi connectivity index (χ1n) is 8.57. The maximum Gasteiger partial charge on any atom is 0.350 e. The maximum atomic E-state index is 12.6. The standard InChI is InChI=1S/C20H19Cl2NO4S/c1-11-8-15(12(2)23(11)6-7-26-3)16(24)10-27-20(25)19-18(22)14-5-4-13(21)9-17(14)28-19/h4-5,8-9H,6-7,10H2,1-3H3. The van der Waals surface area contributed by atoms with Crippen molar-refractivity contribution in [1.82, 2.24) is 4.57 Å². The van der Waals surface area contributed by atoms with Crippen molar-refractivity contribution in [2.24, 2.45) is 0 Å². The molecule has 3 rings (SSSR count). The number of hydrogen-bond acceptors (Lipinski definition) is 5. The normalized spacial score (nSPS) is 11.2. The number of carbonyl (C=O) groups excluding carboxylic acids is 2. The summed E-state index contributed by atoms with van der Waals surface area (Å²) in [4.78, 5) is 25.3. The van der Waals surface area contributed by atoms with Gasteiger partial charge in [0.25, 0.3) is 0 Å². The topological polar surface area (TPSA) is 57.5 Å². The smallest absolute Gasteiger partial charge is 0.350 e. The van der Waals surface area contributed by atoms with Crippen LogP contribution < -0.4 is 0 Å². The minimum Gasteiger partial charge on any atom is -0.453 e. The molecule has 0 aliphatic heterocycles. The lowest BCUT2D eigenvalue weighted by Crippen LogP contribution is -2.15. The highest BCUT2D eigenvalue weighted by atomic mass is 35.5. The van der Waals surface area contributed by atoms with Crippen LogP contribution in [0.3, 0.4) is 0 Å². The number of nitrogens with zero attached hydrogens (tertiary/aromatic N) is 1. The Morgan fingerprint density at radius 1 is 1.18 bits per heavy atom. The lowest BCUT2D eigenvalue weighted by Gasteiger charge is -2.09. The predicted molar refractivity (Wildman–Crippen MR) is 112 cm³/mol. The summed E-state index contributed by atoms with van der Waals surface area (Å²) in [6.07, 6.45) is 0. The van der Waals surface area contributed by atoms with Crippen molar-refractivity contribution in [2.45, 2.75) is 20.4 Å². The molecule has 0 bridgehead atoms. The number of ketones is 1. The first-order chi connectivity index (χ1) is 13.3. The van der Waals surface area contributed by atoms with E-state index in [-0.39, 0.29) is 17.3 Å². The molecule has 0 radical (unpaired) electrons. The Morgan fingerprint density at radius 3 is 2.64 bits per heavy atom. The number of halogens is 2. The van der Waals surface area contributed by atoms with Gasteiger partial charge in [-0.15, -0.1) is 11.3 Å². The van der Waals surface area contributed by atoms with Crippen LogP contribution in [0.15, 0.2) is 24.3 Å². The molecule has 148 valence electrons. The minimum absolute atomic E-state index is 0.259. The third-order valence-electron chi connectivity index (χ3n) is 4.50. The molecule has 0 saturated carbocycles. The zero-order chi connectivity index (χ0) is 20.4. The number of hydrogen-bond donors (Lipinski definition) is 0. The van der Waals surface area contributed by atoms with Crippen LogP contribution in [0.25, 0.3) is 10.1 Å². The van der Waals surface area contributed by atoms with Gasteiger partial charge in [0.05, 0.1) is 11.6 Å². The quantitative estimate of drug-likeness (QED) is 0.369. The Labute approximate surface area is 176 Å². The zero-order valence-electron chi connectivity index (χ0n) is 15.7. The highest BCUT2D eigenvalue weighted by Gasteiger charge is 2.21. The van der Waals surface area contributed by atoms with Gasteiger partial charge in [-0.2, -0.15) is 0 Å².